The van der Waals surface area contributed by atoms with Gasteiger partial charge in [0.1, 0.15) is 18.2 Å². The van der Waals surface area contributed by atoms with Crippen LogP contribution in [0.25, 0.3) is 0 Å². The van der Waals surface area contributed by atoms with Gasteiger partial charge >= 0.3 is 0 Å². The fraction of sp³-hybridized carbons (Fsp3) is 0.500. The fourth-order valence-electron chi connectivity index (χ4n) is 2.53. The molecule has 0 aromatic heterocycles. The number of hydrogen-bond acceptors (Lipinski definition) is 3. The van der Waals surface area contributed by atoms with Gasteiger partial charge in [-0.25, -0.2) is 4.39 Å². The van der Waals surface area contributed by atoms with Gasteiger partial charge in [0.15, 0.2) is 0 Å². The van der Waals surface area contributed by atoms with Crippen LogP contribution in [0, 0.1) is 17.7 Å². The van der Waals surface area contributed by atoms with E-state index in [1.807, 2.05) is 6.92 Å². The topological polar surface area (TPSA) is 41.6 Å². The van der Waals surface area contributed by atoms with Crippen LogP contribution in [0.5, 0.6) is 5.75 Å². The van der Waals surface area contributed by atoms with E-state index < -0.39 is 0 Å². The smallest absolute Gasteiger partial charge is 0.230 e. The molecule has 1 aromatic carbocycles. The summed E-state index contributed by atoms with van der Waals surface area (Å²) in [7, 11) is 0. The van der Waals surface area contributed by atoms with E-state index in [-0.39, 0.29) is 17.6 Å². The van der Waals surface area contributed by atoms with Crippen molar-refractivity contribution < 1.29 is 13.9 Å². The lowest BCUT2D eigenvalue weighted by molar-refractivity contribution is -0.124. The van der Waals surface area contributed by atoms with E-state index >= 15 is 0 Å². The maximum atomic E-state index is 13.2. The Morgan fingerprint density at radius 1 is 1.53 bits per heavy atom. The SMILES string of the molecule is CC(C(=O)N1CCOc2cc(F)ccc21)C1CNC1. The first-order chi connectivity index (χ1) is 9.16. The average Bonchev–Trinajstić information content (AvgIpc) is 2.34. The Balaban J connectivity index is 1.84. The number of carbonyl (C=O) groups excluding carboxylic acids is 1. The van der Waals surface area contributed by atoms with Crippen LogP contribution >= 0.6 is 0 Å². The summed E-state index contributed by atoms with van der Waals surface area (Å²) < 4.78 is 18.6. The minimum Gasteiger partial charge on any atom is -0.489 e. The largest absolute Gasteiger partial charge is 0.489 e. The number of hydrogen-bond donors (Lipinski definition) is 1. The first kappa shape index (κ1) is 12.4. The summed E-state index contributed by atoms with van der Waals surface area (Å²) in [5.41, 5.74) is 0.678. The van der Waals surface area contributed by atoms with Crippen LogP contribution in [0.4, 0.5) is 10.1 Å². The lowest BCUT2D eigenvalue weighted by Crippen LogP contribution is -2.51. The van der Waals surface area contributed by atoms with Gasteiger partial charge in [-0.1, -0.05) is 6.92 Å². The quantitative estimate of drug-likeness (QED) is 0.878. The number of anilines is 1. The zero-order valence-electron chi connectivity index (χ0n) is 10.9. The molecule has 1 atom stereocenters. The Morgan fingerprint density at radius 3 is 3.00 bits per heavy atom. The van der Waals surface area contributed by atoms with Crippen LogP contribution in [-0.2, 0) is 4.79 Å². The number of ether oxygens (including phenoxy) is 1. The van der Waals surface area contributed by atoms with Crippen molar-refractivity contribution in [2.45, 2.75) is 6.92 Å². The molecule has 0 bridgehead atoms. The molecule has 4 nitrogen and oxygen atoms in total. The molecule has 0 aliphatic carbocycles. The van der Waals surface area contributed by atoms with Gasteiger partial charge in [0.05, 0.1) is 12.2 Å². The van der Waals surface area contributed by atoms with Crippen molar-refractivity contribution in [3.63, 3.8) is 0 Å². The number of fused-ring (bicyclic) bond motifs is 1. The molecule has 1 amide bonds. The van der Waals surface area contributed by atoms with Crippen LogP contribution in [0.15, 0.2) is 18.2 Å². The highest BCUT2D eigenvalue weighted by molar-refractivity contribution is 5.96. The van der Waals surface area contributed by atoms with E-state index in [9.17, 15) is 9.18 Å². The predicted octanol–water partition coefficient (Wildman–Crippen LogP) is 1.41. The highest BCUT2D eigenvalue weighted by atomic mass is 19.1. The van der Waals surface area contributed by atoms with Gasteiger partial charge in [-0.15, -0.1) is 0 Å². The van der Waals surface area contributed by atoms with Crippen molar-refractivity contribution in [1.82, 2.24) is 5.32 Å². The summed E-state index contributed by atoms with van der Waals surface area (Å²) in [4.78, 5) is 14.3. The van der Waals surface area contributed by atoms with Gasteiger partial charge in [0, 0.05) is 12.0 Å². The lowest BCUT2D eigenvalue weighted by atomic mass is 9.87. The number of amides is 1. The van der Waals surface area contributed by atoms with Crippen molar-refractivity contribution in [3.8, 4) is 5.75 Å². The first-order valence-corrected chi connectivity index (χ1v) is 6.61. The van der Waals surface area contributed by atoms with Gasteiger partial charge in [0.25, 0.3) is 0 Å². The van der Waals surface area contributed by atoms with Crippen molar-refractivity contribution in [1.29, 1.82) is 0 Å². The Bertz CT molecular complexity index is 502. The van der Waals surface area contributed by atoms with E-state index in [1.54, 1.807) is 11.0 Å². The molecule has 0 spiro atoms. The second-order valence-electron chi connectivity index (χ2n) is 5.16. The highest BCUT2D eigenvalue weighted by Crippen LogP contribution is 2.34. The van der Waals surface area contributed by atoms with E-state index in [4.69, 9.17) is 4.74 Å². The number of benzene rings is 1. The number of nitrogens with one attached hydrogen (secondary N) is 1. The molecule has 1 fully saturated rings. The monoisotopic (exact) mass is 264 g/mol. The first-order valence-electron chi connectivity index (χ1n) is 6.61. The maximum Gasteiger partial charge on any atom is 0.230 e. The summed E-state index contributed by atoms with van der Waals surface area (Å²) in [6.45, 7) is 4.70. The molecule has 5 heteroatoms. The van der Waals surface area contributed by atoms with Crippen LogP contribution in [-0.4, -0.2) is 32.1 Å². The third kappa shape index (κ3) is 2.18. The summed E-state index contributed by atoms with van der Waals surface area (Å²) in [6, 6.07) is 4.32. The van der Waals surface area contributed by atoms with Crippen molar-refractivity contribution in [2.24, 2.45) is 11.8 Å². The summed E-state index contributed by atoms with van der Waals surface area (Å²) in [5.74, 6) is 0.599. The van der Waals surface area contributed by atoms with Gasteiger partial charge in [0.2, 0.25) is 5.91 Å². The molecule has 2 heterocycles. The van der Waals surface area contributed by atoms with Crippen molar-refractivity contribution >= 4 is 11.6 Å². The lowest BCUT2D eigenvalue weighted by Gasteiger charge is -2.37. The molecule has 1 aromatic rings. The molecule has 2 aliphatic heterocycles. The van der Waals surface area contributed by atoms with Crippen LogP contribution < -0.4 is 15.0 Å². The molecular formula is C14H17FN2O2. The van der Waals surface area contributed by atoms with Crippen LogP contribution in [0.3, 0.4) is 0 Å². The minimum atomic E-state index is -0.343. The second-order valence-corrected chi connectivity index (χ2v) is 5.16. The zero-order valence-corrected chi connectivity index (χ0v) is 10.9. The molecule has 102 valence electrons. The molecular weight excluding hydrogens is 247 g/mol. The van der Waals surface area contributed by atoms with E-state index in [2.05, 4.69) is 5.32 Å². The number of rotatable bonds is 2. The average molecular weight is 264 g/mol. The van der Waals surface area contributed by atoms with Gasteiger partial charge in [-0.2, -0.15) is 0 Å². The third-order valence-corrected chi connectivity index (χ3v) is 3.96. The van der Waals surface area contributed by atoms with E-state index in [0.29, 0.717) is 30.5 Å². The summed E-state index contributed by atoms with van der Waals surface area (Å²) in [6.07, 6.45) is 0. The summed E-state index contributed by atoms with van der Waals surface area (Å²) in [5, 5.41) is 3.18. The van der Waals surface area contributed by atoms with Gasteiger partial charge in [-0.05, 0) is 31.1 Å². The Labute approximate surface area is 111 Å². The normalized spacial score (nSPS) is 20.2. The van der Waals surface area contributed by atoms with Crippen molar-refractivity contribution in [3.05, 3.63) is 24.0 Å². The minimum absolute atomic E-state index is 0.0164. The third-order valence-electron chi connectivity index (χ3n) is 3.96. The molecule has 1 N–H and O–H groups in total. The van der Waals surface area contributed by atoms with E-state index in [0.717, 1.165) is 13.1 Å². The fourth-order valence-corrected chi connectivity index (χ4v) is 2.53. The second kappa shape index (κ2) is 4.81. The Morgan fingerprint density at radius 2 is 2.32 bits per heavy atom. The van der Waals surface area contributed by atoms with E-state index in [1.165, 1.54) is 12.1 Å². The van der Waals surface area contributed by atoms with Crippen LogP contribution in [0.1, 0.15) is 6.92 Å². The zero-order chi connectivity index (χ0) is 13.4. The van der Waals surface area contributed by atoms with Crippen LogP contribution in [0.2, 0.25) is 0 Å². The Hall–Kier alpha value is -1.62. The highest BCUT2D eigenvalue weighted by Gasteiger charge is 2.34. The van der Waals surface area contributed by atoms with Gasteiger partial charge in [-0.3, -0.25) is 4.79 Å². The molecule has 19 heavy (non-hydrogen) atoms. The molecule has 2 aliphatic rings. The number of halogens is 1. The molecule has 1 saturated heterocycles. The molecule has 1 unspecified atom stereocenters. The predicted molar refractivity (Wildman–Crippen MR) is 69.8 cm³/mol. The summed E-state index contributed by atoms with van der Waals surface area (Å²) >= 11 is 0. The Kier molecular flexibility index (Phi) is 3.14. The number of carbonyl (C=O) groups is 1. The molecule has 0 radical (unpaired) electrons. The van der Waals surface area contributed by atoms with Gasteiger partial charge < -0.3 is 15.0 Å². The molecule has 0 saturated carbocycles. The number of nitrogens with zero attached hydrogens (tertiary/aromatic N) is 1. The standard InChI is InChI=1S/C14H17FN2O2/c1-9(10-7-16-8-10)14(18)17-4-5-19-13-6-11(15)2-3-12(13)17/h2-3,6,9-10,16H,4-5,7-8H2,1H3. The maximum absolute atomic E-state index is 13.2. The molecule has 3 rings (SSSR count). The van der Waals surface area contributed by atoms with Crippen molar-refractivity contribution in [2.75, 3.05) is 31.1 Å².